The topological polar surface area (TPSA) is 41.1 Å². The predicted molar refractivity (Wildman–Crippen MR) is 112 cm³/mol. The van der Waals surface area contributed by atoms with Gasteiger partial charge in [-0.2, -0.15) is 4.98 Å². The van der Waals surface area contributed by atoms with Gasteiger partial charge in [-0.05, 0) is 55.5 Å². The quantitative estimate of drug-likeness (QED) is 0.664. The average molecular weight is 379 g/mol. The minimum absolute atomic E-state index is 0.771. The summed E-state index contributed by atoms with van der Waals surface area (Å²) in [6.07, 6.45) is 3.13. The van der Waals surface area contributed by atoms with Crippen LogP contribution in [0.1, 0.15) is 23.2 Å². The number of rotatable bonds is 5. The summed E-state index contributed by atoms with van der Waals surface area (Å²) in [6, 6.07) is 18.5. The number of para-hydroxylation sites is 1. The fourth-order valence-corrected chi connectivity index (χ4v) is 3.75. The number of fused-ring (bicyclic) bond motifs is 1. The van der Waals surface area contributed by atoms with Gasteiger partial charge in [-0.1, -0.05) is 41.9 Å². The van der Waals surface area contributed by atoms with Gasteiger partial charge in [-0.3, -0.25) is 0 Å². The first-order valence-corrected chi connectivity index (χ1v) is 9.76. The number of hydrogen-bond acceptors (Lipinski definition) is 4. The summed E-state index contributed by atoms with van der Waals surface area (Å²) in [6.45, 7) is 3.76. The van der Waals surface area contributed by atoms with Crippen LogP contribution in [0.15, 0.2) is 54.6 Å². The molecule has 0 bridgehead atoms. The maximum absolute atomic E-state index is 6.06. The summed E-state index contributed by atoms with van der Waals surface area (Å²) in [5.41, 5.74) is 4.77. The van der Waals surface area contributed by atoms with Crippen LogP contribution in [0.4, 0.5) is 17.5 Å². The highest BCUT2D eigenvalue weighted by Crippen LogP contribution is 2.31. The molecule has 0 spiro atoms. The van der Waals surface area contributed by atoms with E-state index in [1.54, 1.807) is 0 Å². The zero-order chi connectivity index (χ0) is 18.6. The van der Waals surface area contributed by atoms with Gasteiger partial charge < -0.3 is 10.2 Å². The molecule has 4 rings (SSSR count). The van der Waals surface area contributed by atoms with Gasteiger partial charge in [-0.15, -0.1) is 0 Å². The van der Waals surface area contributed by atoms with Crippen LogP contribution in [-0.2, 0) is 12.8 Å². The standard InChI is InChI=1S/C22H23ClN4/c1-16-14-21(24-12-11-17-6-4-9-19(23)15-17)26-22(25-16)27-13-5-8-18-7-2-3-10-20(18)27/h2-4,6-7,9-10,14-15H,5,8,11-13H2,1H3,(H,24,25,26). The molecule has 1 N–H and O–H groups in total. The lowest BCUT2D eigenvalue weighted by Crippen LogP contribution is -2.26. The molecule has 5 heteroatoms. The molecule has 138 valence electrons. The maximum Gasteiger partial charge on any atom is 0.232 e. The average Bonchev–Trinajstić information content (AvgIpc) is 2.67. The van der Waals surface area contributed by atoms with E-state index in [-0.39, 0.29) is 0 Å². The summed E-state index contributed by atoms with van der Waals surface area (Å²) in [4.78, 5) is 11.7. The van der Waals surface area contributed by atoms with Crippen molar-refractivity contribution in [2.45, 2.75) is 26.2 Å². The Hall–Kier alpha value is -2.59. The molecular weight excluding hydrogens is 356 g/mol. The summed E-state index contributed by atoms with van der Waals surface area (Å²) in [7, 11) is 0. The predicted octanol–water partition coefficient (Wildman–Crippen LogP) is 5.18. The molecule has 0 aliphatic carbocycles. The van der Waals surface area contributed by atoms with Gasteiger partial charge in [0.15, 0.2) is 0 Å². The van der Waals surface area contributed by atoms with Crippen LogP contribution >= 0.6 is 11.6 Å². The van der Waals surface area contributed by atoms with Crippen LogP contribution in [0.3, 0.4) is 0 Å². The molecule has 4 nitrogen and oxygen atoms in total. The maximum atomic E-state index is 6.06. The van der Waals surface area contributed by atoms with Gasteiger partial charge in [0.25, 0.3) is 0 Å². The van der Waals surface area contributed by atoms with Crippen LogP contribution in [0.25, 0.3) is 0 Å². The lowest BCUT2D eigenvalue weighted by Gasteiger charge is -2.29. The Balaban J connectivity index is 1.50. The van der Waals surface area contributed by atoms with Gasteiger partial charge in [0.1, 0.15) is 5.82 Å². The third-order valence-corrected chi connectivity index (χ3v) is 5.04. The number of hydrogen-bond donors (Lipinski definition) is 1. The molecule has 0 saturated heterocycles. The highest BCUT2D eigenvalue weighted by atomic mass is 35.5. The number of benzene rings is 2. The van der Waals surface area contributed by atoms with E-state index in [0.29, 0.717) is 0 Å². The molecule has 1 aliphatic heterocycles. The molecule has 0 amide bonds. The molecule has 0 saturated carbocycles. The van der Waals surface area contributed by atoms with Crippen molar-refractivity contribution in [3.63, 3.8) is 0 Å². The first-order chi connectivity index (χ1) is 13.2. The molecule has 0 unspecified atom stereocenters. The molecular formula is C22H23ClN4. The third kappa shape index (κ3) is 4.22. The van der Waals surface area contributed by atoms with E-state index in [2.05, 4.69) is 40.5 Å². The van der Waals surface area contributed by atoms with E-state index in [1.165, 1.54) is 16.8 Å². The Bertz CT molecular complexity index is 941. The minimum Gasteiger partial charge on any atom is -0.370 e. The van der Waals surface area contributed by atoms with Gasteiger partial charge in [0, 0.05) is 35.6 Å². The van der Waals surface area contributed by atoms with Crippen molar-refractivity contribution >= 4 is 29.1 Å². The normalized spacial score (nSPS) is 13.3. The van der Waals surface area contributed by atoms with Gasteiger partial charge in [0.05, 0.1) is 0 Å². The lowest BCUT2D eigenvalue weighted by atomic mass is 10.0. The van der Waals surface area contributed by atoms with Crippen molar-refractivity contribution in [3.8, 4) is 0 Å². The van der Waals surface area contributed by atoms with Crippen LogP contribution in [0.5, 0.6) is 0 Å². The summed E-state index contributed by atoms with van der Waals surface area (Å²) in [5.74, 6) is 1.63. The zero-order valence-electron chi connectivity index (χ0n) is 15.5. The summed E-state index contributed by atoms with van der Waals surface area (Å²) in [5, 5.41) is 4.21. The second-order valence-electron chi connectivity index (χ2n) is 6.89. The highest BCUT2D eigenvalue weighted by molar-refractivity contribution is 6.30. The molecule has 27 heavy (non-hydrogen) atoms. The minimum atomic E-state index is 0.771. The van der Waals surface area contributed by atoms with E-state index < -0.39 is 0 Å². The van der Waals surface area contributed by atoms with Crippen molar-refractivity contribution < 1.29 is 0 Å². The van der Waals surface area contributed by atoms with Crippen molar-refractivity contribution in [2.24, 2.45) is 0 Å². The number of anilines is 3. The van der Waals surface area contributed by atoms with Gasteiger partial charge in [-0.25, -0.2) is 4.98 Å². The van der Waals surface area contributed by atoms with E-state index in [4.69, 9.17) is 21.6 Å². The summed E-state index contributed by atoms with van der Waals surface area (Å²) < 4.78 is 0. The monoisotopic (exact) mass is 378 g/mol. The Morgan fingerprint density at radius 3 is 2.85 bits per heavy atom. The van der Waals surface area contributed by atoms with E-state index >= 15 is 0 Å². The van der Waals surface area contributed by atoms with Crippen LogP contribution in [-0.4, -0.2) is 23.1 Å². The Morgan fingerprint density at radius 2 is 1.96 bits per heavy atom. The SMILES string of the molecule is Cc1cc(NCCc2cccc(Cl)c2)nc(N2CCCc3ccccc32)n1. The Kier molecular flexibility index (Phi) is 5.26. The molecule has 3 aromatic rings. The highest BCUT2D eigenvalue weighted by Gasteiger charge is 2.20. The van der Waals surface area contributed by atoms with E-state index in [9.17, 15) is 0 Å². The molecule has 1 aromatic heterocycles. The Labute approximate surface area is 165 Å². The number of aryl methyl sites for hydroxylation is 2. The Morgan fingerprint density at radius 1 is 1.07 bits per heavy atom. The molecule has 0 fully saturated rings. The molecule has 0 radical (unpaired) electrons. The molecule has 0 atom stereocenters. The van der Waals surface area contributed by atoms with Gasteiger partial charge >= 0.3 is 0 Å². The van der Waals surface area contributed by atoms with Crippen LogP contribution in [0, 0.1) is 6.92 Å². The number of aromatic nitrogens is 2. The third-order valence-electron chi connectivity index (χ3n) is 4.80. The van der Waals surface area contributed by atoms with Crippen molar-refractivity contribution in [2.75, 3.05) is 23.3 Å². The van der Waals surface area contributed by atoms with Crippen LogP contribution < -0.4 is 10.2 Å². The number of nitrogens with one attached hydrogen (secondary N) is 1. The van der Waals surface area contributed by atoms with Crippen molar-refractivity contribution in [1.29, 1.82) is 0 Å². The van der Waals surface area contributed by atoms with Crippen molar-refractivity contribution in [1.82, 2.24) is 9.97 Å². The molecule has 2 aromatic carbocycles. The summed E-state index contributed by atoms with van der Waals surface area (Å²) >= 11 is 6.06. The molecule has 1 aliphatic rings. The largest absolute Gasteiger partial charge is 0.370 e. The van der Waals surface area contributed by atoms with E-state index in [1.807, 2.05) is 31.2 Å². The second-order valence-corrected chi connectivity index (χ2v) is 7.32. The van der Waals surface area contributed by atoms with Crippen LogP contribution in [0.2, 0.25) is 5.02 Å². The first-order valence-electron chi connectivity index (χ1n) is 9.38. The molecule has 2 heterocycles. The fraction of sp³-hybridized carbons (Fsp3) is 0.273. The number of halogens is 1. The zero-order valence-corrected chi connectivity index (χ0v) is 16.2. The lowest BCUT2D eigenvalue weighted by molar-refractivity contribution is 0.749. The van der Waals surface area contributed by atoms with E-state index in [0.717, 1.165) is 54.8 Å². The second kappa shape index (κ2) is 7.97. The number of nitrogens with zero attached hydrogens (tertiary/aromatic N) is 3. The fourth-order valence-electron chi connectivity index (χ4n) is 3.53. The van der Waals surface area contributed by atoms with Gasteiger partial charge in [0.2, 0.25) is 5.95 Å². The van der Waals surface area contributed by atoms with Crippen molar-refractivity contribution in [3.05, 3.63) is 76.4 Å². The first kappa shape index (κ1) is 17.8. The smallest absolute Gasteiger partial charge is 0.232 e.